The quantitative estimate of drug-likeness (QED) is 0.811. The van der Waals surface area contributed by atoms with Crippen LogP contribution in [0.4, 0.5) is 0 Å². The van der Waals surface area contributed by atoms with Crippen LogP contribution in [-0.2, 0) is 0 Å². The van der Waals surface area contributed by atoms with E-state index >= 15 is 0 Å². The van der Waals surface area contributed by atoms with Crippen molar-refractivity contribution < 1.29 is 19.3 Å². The van der Waals surface area contributed by atoms with Crippen molar-refractivity contribution in [3.05, 3.63) is 18.2 Å². The minimum absolute atomic E-state index is 0. The summed E-state index contributed by atoms with van der Waals surface area (Å²) in [5, 5.41) is 10.3. The number of methoxy groups -OCH3 is 2. The Morgan fingerprint density at radius 2 is 1.67 bits per heavy atom. The molecule has 138 valence electrons. The molecule has 1 heterocycles. The number of aliphatic hydroxyl groups is 1. The summed E-state index contributed by atoms with van der Waals surface area (Å²) < 4.78 is 16.4. The first kappa shape index (κ1) is 20.9. The van der Waals surface area contributed by atoms with Gasteiger partial charge in [-0.15, -0.1) is 12.4 Å². The number of para-hydroxylation sites is 1. The Morgan fingerprint density at radius 1 is 1.12 bits per heavy atom. The van der Waals surface area contributed by atoms with E-state index in [1.54, 1.807) is 14.2 Å². The number of nitrogens with zero attached hydrogens (tertiary/aromatic N) is 1. The van der Waals surface area contributed by atoms with Crippen LogP contribution in [0.3, 0.4) is 0 Å². The number of halogens is 1. The number of benzene rings is 1. The summed E-state index contributed by atoms with van der Waals surface area (Å²) in [5.41, 5.74) is 0. The zero-order chi connectivity index (χ0) is 16.8. The number of aliphatic hydroxyl groups excluding tert-OH is 1. The van der Waals surface area contributed by atoms with E-state index in [0.717, 1.165) is 13.1 Å². The molecule has 3 unspecified atom stereocenters. The van der Waals surface area contributed by atoms with Gasteiger partial charge < -0.3 is 24.2 Å². The summed E-state index contributed by atoms with van der Waals surface area (Å²) in [4.78, 5) is 2.33. The highest BCUT2D eigenvalue weighted by Gasteiger charge is 2.24. The van der Waals surface area contributed by atoms with Crippen molar-refractivity contribution in [3.8, 4) is 17.2 Å². The van der Waals surface area contributed by atoms with E-state index < -0.39 is 6.10 Å². The van der Waals surface area contributed by atoms with Gasteiger partial charge in [-0.25, -0.2) is 0 Å². The third kappa shape index (κ3) is 5.72. The lowest BCUT2D eigenvalue weighted by Crippen LogP contribution is -2.44. The Hall–Kier alpha value is -1.17. The first-order valence-corrected chi connectivity index (χ1v) is 8.27. The van der Waals surface area contributed by atoms with Gasteiger partial charge in [0.2, 0.25) is 5.75 Å². The lowest BCUT2D eigenvalue weighted by molar-refractivity contribution is 0.0416. The van der Waals surface area contributed by atoms with Crippen molar-refractivity contribution >= 4 is 12.4 Å². The van der Waals surface area contributed by atoms with Crippen molar-refractivity contribution in [2.24, 2.45) is 11.8 Å². The zero-order valence-corrected chi connectivity index (χ0v) is 15.8. The molecule has 1 aliphatic heterocycles. The number of ether oxygens (including phenoxy) is 3. The lowest BCUT2D eigenvalue weighted by Gasteiger charge is -2.35. The van der Waals surface area contributed by atoms with Gasteiger partial charge in [0.15, 0.2) is 11.5 Å². The summed E-state index contributed by atoms with van der Waals surface area (Å²) in [7, 11) is 3.18. The molecule has 0 aromatic heterocycles. The molecule has 24 heavy (non-hydrogen) atoms. The van der Waals surface area contributed by atoms with Crippen molar-refractivity contribution in [2.75, 3.05) is 40.5 Å². The van der Waals surface area contributed by atoms with Crippen LogP contribution in [0.5, 0.6) is 17.2 Å². The molecule has 0 saturated carbocycles. The first-order valence-electron chi connectivity index (χ1n) is 8.27. The van der Waals surface area contributed by atoms with Gasteiger partial charge in [0.05, 0.1) is 14.2 Å². The predicted molar refractivity (Wildman–Crippen MR) is 97.7 cm³/mol. The molecule has 0 spiro atoms. The van der Waals surface area contributed by atoms with Gasteiger partial charge in [0.25, 0.3) is 0 Å². The number of likely N-dealkylation sites (tertiary alicyclic amines) is 1. The van der Waals surface area contributed by atoms with E-state index in [1.165, 1.54) is 6.42 Å². The molecule has 1 aromatic rings. The van der Waals surface area contributed by atoms with E-state index in [0.29, 0.717) is 35.6 Å². The van der Waals surface area contributed by atoms with Crippen LogP contribution in [0.2, 0.25) is 0 Å². The van der Waals surface area contributed by atoms with Crippen LogP contribution < -0.4 is 14.2 Å². The highest BCUT2D eigenvalue weighted by atomic mass is 35.5. The van der Waals surface area contributed by atoms with E-state index in [1.807, 2.05) is 18.2 Å². The molecule has 0 bridgehead atoms. The highest BCUT2D eigenvalue weighted by molar-refractivity contribution is 5.85. The molecular weight excluding hydrogens is 330 g/mol. The standard InChI is InChI=1S/C18H29NO4.ClH/c1-13-8-14(2)10-19(9-13)11-15(20)12-23-18-16(21-3)6-5-7-17(18)22-4;/h5-7,13-15,20H,8-12H2,1-4H3;1H. The van der Waals surface area contributed by atoms with Crippen LogP contribution in [0.25, 0.3) is 0 Å². The van der Waals surface area contributed by atoms with Crippen molar-refractivity contribution in [2.45, 2.75) is 26.4 Å². The zero-order valence-electron chi connectivity index (χ0n) is 15.0. The van der Waals surface area contributed by atoms with Gasteiger partial charge in [0, 0.05) is 19.6 Å². The monoisotopic (exact) mass is 359 g/mol. The molecule has 0 aliphatic carbocycles. The van der Waals surface area contributed by atoms with E-state index in [4.69, 9.17) is 14.2 Å². The summed E-state index contributed by atoms with van der Waals surface area (Å²) in [6, 6.07) is 5.48. The Morgan fingerprint density at radius 3 is 2.17 bits per heavy atom. The molecule has 2 rings (SSSR count). The van der Waals surface area contributed by atoms with Crippen molar-refractivity contribution in [1.82, 2.24) is 4.90 Å². The summed E-state index contributed by atoms with van der Waals surface area (Å²) in [6.45, 7) is 7.47. The smallest absolute Gasteiger partial charge is 0.203 e. The summed E-state index contributed by atoms with van der Waals surface area (Å²) in [6.07, 6.45) is 0.726. The molecule has 1 N–H and O–H groups in total. The number of hydrogen-bond donors (Lipinski definition) is 1. The van der Waals surface area contributed by atoms with Crippen molar-refractivity contribution in [3.63, 3.8) is 0 Å². The molecular formula is C18H30ClNO4. The molecule has 1 aromatic carbocycles. The second-order valence-corrected chi connectivity index (χ2v) is 6.62. The lowest BCUT2D eigenvalue weighted by atomic mass is 9.92. The normalized spacial score (nSPS) is 22.4. The molecule has 3 atom stereocenters. The Bertz CT molecular complexity index is 468. The van der Waals surface area contributed by atoms with Gasteiger partial charge in [-0.1, -0.05) is 19.9 Å². The fraction of sp³-hybridized carbons (Fsp3) is 0.667. The SMILES string of the molecule is COc1cccc(OC)c1OCC(O)CN1CC(C)CC(C)C1.Cl. The van der Waals surface area contributed by atoms with Gasteiger partial charge in [-0.3, -0.25) is 0 Å². The number of β-amino-alcohol motifs (C(OH)–C–C–N with tert-alkyl or cyclic N) is 1. The first-order chi connectivity index (χ1) is 11.0. The van der Waals surface area contributed by atoms with Crippen LogP contribution in [0.15, 0.2) is 18.2 Å². The molecule has 1 saturated heterocycles. The van der Waals surface area contributed by atoms with Gasteiger partial charge in [0.1, 0.15) is 12.7 Å². The van der Waals surface area contributed by atoms with Crippen LogP contribution in [-0.4, -0.2) is 56.6 Å². The van der Waals surface area contributed by atoms with Crippen molar-refractivity contribution in [1.29, 1.82) is 0 Å². The van der Waals surface area contributed by atoms with Crippen LogP contribution in [0, 0.1) is 11.8 Å². The third-order valence-electron chi connectivity index (χ3n) is 4.22. The molecule has 1 aliphatic rings. The Kier molecular flexibility index (Phi) is 8.67. The second-order valence-electron chi connectivity index (χ2n) is 6.62. The van der Waals surface area contributed by atoms with Crippen LogP contribution >= 0.6 is 12.4 Å². The predicted octanol–water partition coefficient (Wildman–Crippen LogP) is 2.84. The summed E-state index contributed by atoms with van der Waals surface area (Å²) in [5.74, 6) is 3.12. The molecule has 1 fully saturated rings. The average Bonchev–Trinajstić information content (AvgIpc) is 2.51. The van der Waals surface area contributed by atoms with Gasteiger partial charge in [-0.05, 0) is 30.4 Å². The Balaban J connectivity index is 0.00000288. The van der Waals surface area contributed by atoms with E-state index in [9.17, 15) is 5.11 Å². The fourth-order valence-corrected chi connectivity index (χ4v) is 3.43. The summed E-state index contributed by atoms with van der Waals surface area (Å²) >= 11 is 0. The van der Waals surface area contributed by atoms with E-state index in [-0.39, 0.29) is 19.0 Å². The topological polar surface area (TPSA) is 51.2 Å². The molecule has 6 heteroatoms. The molecule has 5 nitrogen and oxygen atoms in total. The number of piperidine rings is 1. The highest BCUT2D eigenvalue weighted by Crippen LogP contribution is 2.36. The average molecular weight is 360 g/mol. The Labute approximate surface area is 151 Å². The molecule has 0 radical (unpaired) electrons. The number of hydrogen-bond acceptors (Lipinski definition) is 5. The second kappa shape index (κ2) is 9.97. The largest absolute Gasteiger partial charge is 0.493 e. The minimum Gasteiger partial charge on any atom is -0.493 e. The van der Waals surface area contributed by atoms with Gasteiger partial charge in [-0.2, -0.15) is 0 Å². The van der Waals surface area contributed by atoms with Crippen LogP contribution in [0.1, 0.15) is 20.3 Å². The minimum atomic E-state index is -0.540. The van der Waals surface area contributed by atoms with E-state index in [2.05, 4.69) is 18.7 Å². The third-order valence-corrected chi connectivity index (χ3v) is 4.22. The van der Waals surface area contributed by atoms with Gasteiger partial charge >= 0.3 is 0 Å². The molecule has 0 amide bonds. The maximum atomic E-state index is 10.3. The maximum absolute atomic E-state index is 10.3. The number of rotatable bonds is 7. The maximum Gasteiger partial charge on any atom is 0.203 e. The fourth-order valence-electron chi connectivity index (χ4n) is 3.43.